The molecule has 3 N–H and O–H groups in total. The van der Waals surface area contributed by atoms with Crippen molar-refractivity contribution >= 4 is 22.7 Å². The molecule has 178 valence electrons. The molecule has 2 aliphatic heterocycles. The number of benzene rings is 1. The van der Waals surface area contributed by atoms with E-state index >= 15 is 0 Å². The number of fused-ring (bicyclic) bond motifs is 1. The Morgan fingerprint density at radius 1 is 1.27 bits per heavy atom. The minimum absolute atomic E-state index is 0.145. The van der Waals surface area contributed by atoms with Gasteiger partial charge in [-0.1, -0.05) is 18.2 Å². The summed E-state index contributed by atoms with van der Waals surface area (Å²) < 4.78 is 7.92. The number of amides is 2. The number of ether oxygens (including phenoxy) is 1. The number of aromatic nitrogens is 1. The number of carbonyl (C=O) groups is 2. The predicted octanol–water partition coefficient (Wildman–Crippen LogP) is 3.30. The van der Waals surface area contributed by atoms with Crippen molar-refractivity contribution in [3.8, 4) is 0 Å². The van der Waals surface area contributed by atoms with E-state index < -0.39 is 11.5 Å². The van der Waals surface area contributed by atoms with Gasteiger partial charge in [-0.15, -0.1) is 0 Å². The highest BCUT2D eigenvalue weighted by atomic mass is 16.5. The fourth-order valence-corrected chi connectivity index (χ4v) is 5.51. The number of hydrogen-bond acceptors (Lipinski definition) is 4. The van der Waals surface area contributed by atoms with Crippen LogP contribution in [0.3, 0.4) is 0 Å². The van der Waals surface area contributed by atoms with Crippen molar-refractivity contribution in [2.24, 2.45) is 11.3 Å². The maximum Gasteiger partial charge on any atom is 0.253 e. The zero-order chi connectivity index (χ0) is 23.8. The largest absolute Gasteiger partial charge is 0.376 e. The van der Waals surface area contributed by atoms with Gasteiger partial charge in [-0.2, -0.15) is 0 Å². The van der Waals surface area contributed by atoms with Crippen molar-refractivity contribution in [3.63, 3.8) is 0 Å². The second kappa shape index (κ2) is 9.31. The van der Waals surface area contributed by atoms with Gasteiger partial charge < -0.3 is 25.3 Å². The molecule has 33 heavy (non-hydrogen) atoms. The number of para-hydroxylation sites is 1. The molecule has 1 saturated heterocycles. The summed E-state index contributed by atoms with van der Waals surface area (Å²) in [6.45, 7) is 10.2. The molecule has 3 heterocycles. The number of methoxy groups -OCH3 is 1. The Morgan fingerprint density at radius 2 is 1.97 bits per heavy atom. The van der Waals surface area contributed by atoms with Crippen molar-refractivity contribution < 1.29 is 14.3 Å². The minimum Gasteiger partial charge on any atom is -0.376 e. The summed E-state index contributed by atoms with van der Waals surface area (Å²) in [7, 11) is 1.59. The highest BCUT2D eigenvalue weighted by Crippen LogP contribution is 2.35. The molecule has 2 amide bonds. The van der Waals surface area contributed by atoms with Crippen LogP contribution in [0.1, 0.15) is 55.7 Å². The van der Waals surface area contributed by atoms with Crippen LogP contribution in [0.4, 0.5) is 0 Å². The zero-order valence-electron chi connectivity index (χ0n) is 20.3. The van der Waals surface area contributed by atoms with E-state index in [2.05, 4.69) is 33.5 Å². The number of hydrogen-bond donors (Lipinski definition) is 3. The maximum absolute atomic E-state index is 13.5. The average Bonchev–Trinajstić information content (AvgIpc) is 3.11. The first-order valence-corrected chi connectivity index (χ1v) is 11.9. The second-order valence-corrected chi connectivity index (χ2v) is 9.74. The van der Waals surface area contributed by atoms with E-state index in [1.165, 1.54) is 0 Å². The Balaban J connectivity index is 1.64. The smallest absolute Gasteiger partial charge is 0.253 e. The molecule has 0 saturated carbocycles. The topological polar surface area (TPSA) is 84.4 Å². The van der Waals surface area contributed by atoms with Crippen LogP contribution in [-0.4, -0.2) is 49.2 Å². The normalized spacial score (nSPS) is 24.9. The Bertz CT molecular complexity index is 1080. The summed E-state index contributed by atoms with van der Waals surface area (Å²) in [4.78, 5) is 26.3. The van der Waals surface area contributed by atoms with E-state index in [1.54, 1.807) is 7.11 Å². The van der Waals surface area contributed by atoms with E-state index in [4.69, 9.17) is 4.74 Å². The monoisotopic (exact) mass is 452 g/mol. The highest BCUT2D eigenvalue weighted by Gasteiger charge is 2.44. The van der Waals surface area contributed by atoms with E-state index in [9.17, 15) is 9.59 Å². The van der Waals surface area contributed by atoms with Gasteiger partial charge in [-0.05, 0) is 71.7 Å². The summed E-state index contributed by atoms with van der Waals surface area (Å²) in [5, 5.41) is 10.3. The van der Waals surface area contributed by atoms with Gasteiger partial charge in [0.05, 0.1) is 17.1 Å². The molecule has 2 aromatic rings. The maximum atomic E-state index is 13.5. The molecule has 7 nitrogen and oxygen atoms in total. The molecule has 0 aliphatic carbocycles. The van der Waals surface area contributed by atoms with Crippen LogP contribution in [0.2, 0.25) is 0 Å². The molecule has 2 aliphatic rings. The molecule has 3 unspecified atom stereocenters. The quantitative estimate of drug-likeness (QED) is 0.628. The Hall–Kier alpha value is -2.64. The van der Waals surface area contributed by atoms with Gasteiger partial charge in [-0.25, -0.2) is 0 Å². The second-order valence-electron chi connectivity index (χ2n) is 9.74. The molecule has 4 rings (SSSR count). The third-order valence-corrected chi connectivity index (χ3v) is 7.59. The SMILES string of the molecule is COC1C=C(C)NC(=O)C1(C)CNC(=O)c1c(C)n(C(C)C2CCNCC2)c2ccccc12. The molecule has 1 fully saturated rings. The first kappa shape index (κ1) is 23.5. The van der Waals surface area contributed by atoms with Gasteiger partial charge >= 0.3 is 0 Å². The molecule has 1 aromatic carbocycles. The Morgan fingerprint density at radius 3 is 2.67 bits per heavy atom. The highest BCUT2D eigenvalue weighted by molar-refractivity contribution is 6.08. The van der Waals surface area contributed by atoms with Gasteiger partial charge in [0, 0.05) is 42.0 Å². The van der Waals surface area contributed by atoms with E-state index in [1.807, 2.05) is 45.0 Å². The molecule has 7 heteroatoms. The lowest BCUT2D eigenvalue weighted by molar-refractivity contribution is -0.136. The number of allylic oxidation sites excluding steroid dienone is 1. The fourth-order valence-electron chi connectivity index (χ4n) is 5.51. The van der Waals surface area contributed by atoms with Crippen LogP contribution in [0, 0.1) is 18.3 Å². The summed E-state index contributed by atoms with van der Waals surface area (Å²) in [5.41, 5.74) is 2.62. The summed E-state index contributed by atoms with van der Waals surface area (Å²) in [5.74, 6) is 0.266. The van der Waals surface area contributed by atoms with Crippen molar-refractivity contribution in [2.45, 2.75) is 52.7 Å². The van der Waals surface area contributed by atoms with Crippen LogP contribution in [0.15, 0.2) is 36.0 Å². The van der Waals surface area contributed by atoms with E-state index in [0.29, 0.717) is 17.5 Å². The first-order valence-electron chi connectivity index (χ1n) is 11.9. The Kier molecular flexibility index (Phi) is 6.64. The molecule has 0 spiro atoms. The number of rotatable bonds is 6. The van der Waals surface area contributed by atoms with Gasteiger partial charge in [0.2, 0.25) is 5.91 Å². The van der Waals surface area contributed by atoms with E-state index in [0.717, 1.165) is 48.2 Å². The molecule has 3 atom stereocenters. The molecule has 1 aromatic heterocycles. The summed E-state index contributed by atoms with van der Waals surface area (Å²) in [6, 6.07) is 8.41. The average molecular weight is 453 g/mol. The van der Waals surface area contributed by atoms with Crippen molar-refractivity contribution in [1.82, 2.24) is 20.5 Å². The number of piperidine rings is 1. The van der Waals surface area contributed by atoms with Crippen molar-refractivity contribution in [2.75, 3.05) is 26.7 Å². The van der Waals surface area contributed by atoms with Crippen molar-refractivity contribution in [3.05, 3.63) is 47.3 Å². The van der Waals surface area contributed by atoms with Gasteiger partial charge in [0.25, 0.3) is 5.91 Å². The first-order chi connectivity index (χ1) is 15.8. The number of carbonyl (C=O) groups excluding carboxylic acids is 2. The predicted molar refractivity (Wildman–Crippen MR) is 130 cm³/mol. The van der Waals surface area contributed by atoms with Crippen LogP contribution in [0.25, 0.3) is 10.9 Å². The fraction of sp³-hybridized carbons (Fsp3) is 0.538. The lowest BCUT2D eigenvalue weighted by atomic mass is 9.80. The van der Waals surface area contributed by atoms with Crippen LogP contribution >= 0.6 is 0 Å². The van der Waals surface area contributed by atoms with Crippen LogP contribution < -0.4 is 16.0 Å². The molecule has 0 bridgehead atoms. The summed E-state index contributed by atoms with van der Waals surface area (Å²) in [6.07, 6.45) is 3.75. The lowest BCUT2D eigenvalue weighted by Crippen LogP contribution is -2.55. The van der Waals surface area contributed by atoms with Gasteiger partial charge in [0.15, 0.2) is 0 Å². The lowest BCUT2D eigenvalue weighted by Gasteiger charge is -2.37. The van der Waals surface area contributed by atoms with Gasteiger partial charge in [-0.3, -0.25) is 9.59 Å². The number of nitrogens with one attached hydrogen (secondary N) is 3. The van der Waals surface area contributed by atoms with Gasteiger partial charge in [0.1, 0.15) is 0 Å². The molecular weight excluding hydrogens is 416 g/mol. The third kappa shape index (κ3) is 4.20. The molecule has 0 radical (unpaired) electrons. The third-order valence-electron chi connectivity index (χ3n) is 7.59. The zero-order valence-corrected chi connectivity index (χ0v) is 20.3. The van der Waals surface area contributed by atoms with Crippen LogP contribution in [0.5, 0.6) is 0 Å². The van der Waals surface area contributed by atoms with Crippen LogP contribution in [-0.2, 0) is 9.53 Å². The molecular formula is C26H36N4O3. The number of nitrogens with zero attached hydrogens (tertiary/aromatic N) is 1. The summed E-state index contributed by atoms with van der Waals surface area (Å²) >= 11 is 0. The van der Waals surface area contributed by atoms with E-state index in [-0.39, 0.29) is 18.4 Å². The standard InChI is InChI=1S/C26H36N4O3/c1-16-14-22(33-5)26(4,25(32)29-16)15-28-24(31)23-18(3)30(21-9-7-6-8-20(21)23)17(2)19-10-12-27-13-11-19/h6-9,14,17,19,22,27H,10-13,15H2,1-5H3,(H,28,31)(H,29,32). The minimum atomic E-state index is -0.890. The Labute approximate surface area is 195 Å². The van der Waals surface area contributed by atoms with Crippen molar-refractivity contribution in [1.29, 1.82) is 0 Å².